The standard InChI is InChI=1S/C17H24BrNO/c1-3-19-15-11-16(17(15)8-4-5-9-17)20-14-7-6-12(2)10-13(14)18/h6-7,10,15-16,19H,3-5,8-9,11H2,1-2H3. The SMILES string of the molecule is CCNC1CC(Oc2ccc(C)cc2Br)C12CCCC2. The Hall–Kier alpha value is -0.540. The van der Waals surface area contributed by atoms with Crippen molar-refractivity contribution in [2.75, 3.05) is 6.54 Å². The first-order chi connectivity index (χ1) is 9.65. The molecule has 2 aliphatic rings. The first kappa shape index (κ1) is 14.4. The van der Waals surface area contributed by atoms with Gasteiger partial charge in [-0.15, -0.1) is 0 Å². The lowest BCUT2D eigenvalue weighted by atomic mass is 9.60. The van der Waals surface area contributed by atoms with Crippen LogP contribution in [0.5, 0.6) is 5.75 Å². The van der Waals surface area contributed by atoms with Gasteiger partial charge in [-0.3, -0.25) is 0 Å². The molecule has 0 aromatic heterocycles. The maximum absolute atomic E-state index is 6.36. The summed E-state index contributed by atoms with van der Waals surface area (Å²) < 4.78 is 7.44. The number of benzene rings is 1. The summed E-state index contributed by atoms with van der Waals surface area (Å²) in [6.45, 7) is 5.37. The van der Waals surface area contributed by atoms with E-state index in [1.54, 1.807) is 0 Å². The molecule has 0 radical (unpaired) electrons. The number of hydrogen-bond acceptors (Lipinski definition) is 2. The molecule has 2 nitrogen and oxygen atoms in total. The average Bonchev–Trinajstić information content (AvgIpc) is 2.92. The van der Waals surface area contributed by atoms with Crippen LogP contribution in [-0.2, 0) is 0 Å². The van der Waals surface area contributed by atoms with Crippen molar-refractivity contribution in [1.29, 1.82) is 0 Å². The van der Waals surface area contributed by atoms with Crippen LogP contribution < -0.4 is 10.1 Å². The molecular formula is C17H24BrNO. The smallest absolute Gasteiger partial charge is 0.133 e. The third-order valence-corrected chi connectivity index (χ3v) is 5.75. The molecule has 2 aliphatic carbocycles. The zero-order valence-corrected chi connectivity index (χ0v) is 14.0. The Morgan fingerprint density at radius 2 is 2.10 bits per heavy atom. The normalized spacial score (nSPS) is 27.6. The first-order valence-corrected chi connectivity index (χ1v) is 8.61. The summed E-state index contributed by atoms with van der Waals surface area (Å²) in [5, 5.41) is 3.66. The summed E-state index contributed by atoms with van der Waals surface area (Å²) in [7, 11) is 0. The van der Waals surface area contributed by atoms with E-state index in [2.05, 4.69) is 53.3 Å². The van der Waals surface area contributed by atoms with Crippen molar-refractivity contribution in [3.8, 4) is 5.75 Å². The highest BCUT2D eigenvalue weighted by Gasteiger charge is 2.57. The minimum Gasteiger partial charge on any atom is -0.489 e. The Morgan fingerprint density at radius 1 is 1.35 bits per heavy atom. The molecule has 0 aliphatic heterocycles. The summed E-state index contributed by atoms with van der Waals surface area (Å²) in [5.41, 5.74) is 1.65. The molecule has 2 unspecified atom stereocenters. The molecule has 110 valence electrons. The van der Waals surface area contributed by atoms with E-state index in [0.29, 0.717) is 17.6 Å². The number of ether oxygens (including phenoxy) is 1. The van der Waals surface area contributed by atoms with Crippen molar-refractivity contribution in [2.45, 2.75) is 58.1 Å². The summed E-state index contributed by atoms with van der Waals surface area (Å²) in [6.07, 6.45) is 6.88. The van der Waals surface area contributed by atoms with Gasteiger partial charge < -0.3 is 10.1 Å². The maximum Gasteiger partial charge on any atom is 0.133 e. The fourth-order valence-electron chi connectivity index (χ4n) is 4.00. The summed E-state index contributed by atoms with van der Waals surface area (Å²) >= 11 is 3.63. The highest BCUT2D eigenvalue weighted by molar-refractivity contribution is 9.10. The van der Waals surface area contributed by atoms with Gasteiger partial charge in [0.25, 0.3) is 0 Å². The molecule has 1 N–H and O–H groups in total. The molecule has 3 heteroatoms. The van der Waals surface area contributed by atoms with E-state index in [-0.39, 0.29) is 0 Å². The number of hydrogen-bond donors (Lipinski definition) is 1. The van der Waals surface area contributed by atoms with E-state index in [1.165, 1.54) is 31.2 Å². The number of halogens is 1. The second kappa shape index (κ2) is 5.69. The number of rotatable bonds is 4. The highest BCUT2D eigenvalue weighted by Crippen LogP contribution is 2.55. The van der Waals surface area contributed by atoms with Gasteiger partial charge in [-0.25, -0.2) is 0 Å². The molecule has 0 heterocycles. The van der Waals surface area contributed by atoms with Crippen molar-refractivity contribution in [3.05, 3.63) is 28.2 Å². The van der Waals surface area contributed by atoms with Crippen LogP contribution in [0.4, 0.5) is 0 Å². The molecule has 2 atom stereocenters. The molecule has 3 rings (SSSR count). The molecule has 0 bridgehead atoms. The lowest BCUT2D eigenvalue weighted by molar-refractivity contribution is -0.0758. The van der Waals surface area contributed by atoms with Crippen LogP contribution in [0.15, 0.2) is 22.7 Å². The average molecular weight is 338 g/mol. The lowest BCUT2D eigenvalue weighted by Gasteiger charge is -2.54. The van der Waals surface area contributed by atoms with Crippen LogP contribution in [0.1, 0.15) is 44.6 Å². The molecule has 2 saturated carbocycles. The third-order valence-electron chi connectivity index (χ3n) is 5.13. The van der Waals surface area contributed by atoms with Crippen molar-refractivity contribution < 1.29 is 4.74 Å². The third kappa shape index (κ3) is 2.39. The molecule has 1 spiro atoms. The number of nitrogens with one attached hydrogen (secondary N) is 1. The van der Waals surface area contributed by atoms with Crippen molar-refractivity contribution in [2.24, 2.45) is 5.41 Å². The second-order valence-corrected chi connectivity index (χ2v) is 7.18. The summed E-state index contributed by atoms with van der Waals surface area (Å²) in [5.74, 6) is 1.00. The summed E-state index contributed by atoms with van der Waals surface area (Å²) in [4.78, 5) is 0. The van der Waals surface area contributed by atoms with Gasteiger partial charge in [0.2, 0.25) is 0 Å². The Labute approximate surface area is 130 Å². The minimum absolute atomic E-state index is 0.382. The highest BCUT2D eigenvalue weighted by atomic mass is 79.9. The van der Waals surface area contributed by atoms with Gasteiger partial charge in [0.15, 0.2) is 0 Å². The van der Waals surface area contributed by atoms with Crippen LogP contribution in [0.25, 0.3) is 0 Å². The molecule has 1 aromatic rings. The minimum atomic E-state index is 0.382. The van der Waals surface area contributed by atoms with Crippen molar-refractivity contribution in [1.82, 2.24) is 5.32 Å². The number of aryl methyl sites for hydroxylation is 1. The van der Waals surface area contributed by atoms with Gasteiger partial charge >= 0.3 is 0 Å². The Balaban J connectivity index is 1.74. The fraction of sp³-hybridized carbons (Fsp3) is 0.647. The van der Waals surface area contributed by atoms with E-state index in [4.69, 9.17) is 4.74 Å². The van der Waals surface area contributed by atoms with Crippen molar-refractivity contribution >= 4 is 15.9 Å². The van der Waals surface area contributed by atoms with Gasteiger partial charge in [0, 0.05) is 17.9 Å². The van der Waals surface area contributed by atoms with Crippen LogP contribution in [-0.4, -0.2) is 18.7 Å². The van der Waals surface area contributed by atoms with E-state index >= 15 is 0 Å². The maximum atomic E-state index is 6.36. The Morgan fingerprint density at radius 3 is 2.75 bits per heavy atom. The predicted octanol–water partition coefficient (Wildman–Crippen LogP) is 4.45. The van der Waals surface area contributed by atoms with Gasteiger partial charge in [-0.2, -0.15) is 0 Å². The quantitative estimate of drug-likeness (QED) is 0.876. The molecule has 2 fully saturated rings. The van der Waals surface area contributed by atoms with Crippen molar-refractivity contribution in [3.63, 3.8) is 0 Å². The lowest BCUT2D eigenvalue weighted by Crippen LogP contribution is -2.63. The van der Waals surface area contributed by atoms with E-state index in [9.17, 15) is 0 Å². The largest absolute Gasteiger partial charge is 0.489 e. The van der Waals surface area contributed by atoms with E-state index < -0.39 is 0 Å². The summed E-state index contributed by atoms with van der Waals surface area (Å²) in [6, 6.07) is 7.02. The zero-order chi connectivity index (χ0) is 14.2. The monoisotopic (exact) mass is 337 g/mol. The first-order valence-electron chi connectivity index (χ1n) is 7.82. The van der Waals surface area contributed by atoms with Crippen LogP contribution in [0.3, 0.4) is 0 Å². The van der Waals surface area contributed by atoms with Gasteiger partial charge in [-0.05, 0) is 59.9 Å². The van der Waals surface area contributed by atoms with Crippen LogP contribution >= 0.6 is 15.9 Å². The Bertz CT molecular complexity index is 482. The van der Waals surface area contributed by atoms with Gasteiger partial charge in [0.1, 0.15) is 11.9 Å². The molecular weight excluding hydrogens is 314 g/mol. The van der Waals surface area contributed by atoms with Crippen LogP contribution in [0, 0.1) is 12.3 Å². The molecule has 1 aromatic carbocycles. The fourth-order valence-corrected chi connectivity index (χ4v) is 4.59. The second-order valence-electron chi connectivity index (χ2n) is 6.33. The van der Waals surface area contributed by atoms with Gasteiger partial charge in [-0.1, -0.05) is 25.8 Å². The van der Waals surface area contributed by atoms with Gasteiger partial charge in [0.05, 0.1) is 4.47 Å². The Kier molecular flexibility index (Phi) is 4.09. The molecule has 20 heavy (non-hydrogen) atoms. The molecule has 0 saturated heterocycles. The predicted molar refractivity (Wildman–Crippen MR) is 86.3 cm³/mol. The van der Waals surface area contributed by atoms with Crippen LogP contribution in [0.2, 0.25) is 0 Å². The topological polar surface area (TPSA) is 21.3 Å². The zero-order valence-electron chi connectivity index (χ0n) is 12.4. The van der Waals surface area contributed by atoms with E-state index in [0.717, 1.165) is 23.2 Å². The van der Waals surface area contributed by atoms with E-state index in [1.807, 2.05) is 0 Å². The molecule has 0 amide bonds.